The summed E-state index contributed by atoms with van der Waals surface area (Å²) >= 11 is 3.43. The molecular formula is C13H19N3O2S2. The minimum absolute atomic E-state index is 0.0595. The number of hydrogen-bond donors (Lipinski definition) is 1. The second-order valence-corrected chi connectivity index (χ2v) is 7.01. The van der Waals surface area contributed by atoms with Gasteiger partial charge < -0.3 is 10.1 Å². The maximum atomic E-state index is 12.1. The van der Waals surface area contributed by atoms with Crippen LogP contribution in [0.2, 0.25) is 0 Å². The summed E-state index contributed by atoms with van der Waals surface area (Å²) < 4.78 is 5.44. The molecule has 0 radical (unpaired) electrons. The van der Waals surface area contributed by atoms with E-state index in [4.69, 9.17) is 4.74 Å². The van der Waals surface area contributed by atoms with Crippen LogP contribution < -0.4 is 5.32 Å². The Morgan fingerprint density at radius 1 is 1.50 bits per heavy atom. The van der Waals surface area contributed by atoms with E-state index >= 15 is 0 Å². The first-order valence-corrected chi connectivity index (χ1v) is 8.97. The number of ether oxygens (including phenoxy) is 1. The number of carbonyl (C=O) groups is 1. The molecule has 0 aliphatic carbocycles. The smallest absolute Gasteiger partial charge is 0.270 e. The van der Waals surface area contributed by atoms with E-state index in [0.717, 1.165) is 38.5 Å². The van der Waals surface area contributed by atoms with Crippen molar-refractivity contribution < 1.29 is 9.53 Å². The summed E-state index contributed by atoms with van der Waals surface area (Å²) in [5.74, 6) is 2.20. The van der Waals surface area contributed by atoms with Gasteiger partial charge in [0.05, 0.1) is 18.7 Å². The number of aromatic nitrogens is 1. The highest BCUT2D eigenvalue weighted by molar-refractivity contribution is 7.99. The zero-order valence-corrected chi connectivity index (χ0v) is 13.0. The van der Waals surface area contributed by atoms with Crippen molar-refractivity contribution in [3.05, 3.63) is 16.6 Å². The third kappa shape index (κ3) is 3.00. The van der Waals surface area contributed by atoms with E-state index in [0.29, 0.717) is 12.2 Å². The molecule has 2 aliphatic heterocycles. The monoisotopic (exact) mass is 313 g/mol. The summed E-state index contributed by atoms with van der Waals surface area (Å²) in [7, 11) is 0. The third-order valence-corrected chi connectivity index (χ3v) is 5.83. The number of hydrogen-bond acceptors (Lipinski definition) is 6. The molecule has 3 rings (SSSR count). The molecule has 0 spiro atoms. The van der Waals surface area contributed by atoms with Crippen molar-refractivity contribution >= 4 is 29.0 Å². The fourth-order valence-electron chi connectivity index (χ4n) is 2.79. The van der Waals surface area contributed by atoms with Gasteiger partial charge in [0.15, 0.2) is 0 Å². The number of rotatable bonds is 4. The molecule has 2 aliphatic rings. The number of amides is 1. The predicted molar refractivity (Wildman–Crippen MR) is 81.5 cm³/mol. The molecule has 0 bridgehead atoms. The normalized spacial score (nSPS) is 27.6. The van der Waals surface area contributed by atoms with Crippen LogP contribution in [0.3, 0.4) is 0 Å². The first-order valence-electron chi connectivity index (χ1n) is 6.87. The molecule has 0 aromatic carbocycles. The van der Waals surface area contributed by atoms with E-state index in [2.05, 4.69) is 15.2 Å². The summed E-state index contributed by atoms with van der Waals surface area (Å²) in [6.45, 7) is 4.23. The summed E-state index contributed by atoms with van der Waals surface area (Å²) in [6.07, 6.45) is 1.13. The Morgan fingerprint density at radius 2 is 2.35 bits per heavy atom. The van der Waals surface area contributed by atoms with E-state index in [1.165, 1.54) is 17.1 Å². The molecule has 2 fully saturated rings. The van der Waals surface area contributed by atoms with Gasteiger partial charge in [-0.1, -0.05) is 0 Å². The number of nitrogens with one attached hydrogen (secondary N) is 1. The molecule has 1 amide bonds. The zero-order chi connectivity index (χ0) is 13.8. The SMILES string of the molecule is O=C(NC[C@]1(N2CCOCC2)CCSC1)c1cscn1. The van der Waals surface area contributed by atoms with Crippen LogP contribution >= 0.6 is 23.1 Å². The van der Waals surface area contributed by atoms with E-state index in [1.54, 1.807) is 10.9 Å². The fourth-order valence-corrected chi connectivity index (χ4v) is 4.80. The molecule has 7 heteroatoms. The average Bonchev–Trinajstić information content (AvgIpc) is 3.18. The first kappa shape index (κ1) is 14.3. The third-order valence-electron chi connectivity index (χ3n) is 4.01. The van der Waals surface area contributed by atoms with Gasteiger partial charge in [-0.05, 0) is 12.2 Å². The molecule has 20 heavy (non-hydrogen) atoms. The molecule has 1 aromatic rings. The molecule has 1 N–H and O–H groups in total. The van der Waals surface area contributed by atoms with Gasteiger partial charge in [-0.2, -0.15) is 11.8 Å². The van der Waals surface area contributed by atoms with Crippen molar-refractivity contribution in [2.75, 3.05) is 44.4 Å². The number of carbonyl (C=O) groups excluding carboxylic acids is 1. The van der Waals surface area contributed by atoms with Gasteiger partial charge in [-0.3, -0.25) is 9.69 Å². The van der Waals surface area contributed by atoms with Crippen molar-refractivity contribution in [2.24, 2.45) is 0 Å². The fraction of sp³-hybridized carbons (Fsp3) is 0.692. The molecule has 0 saturated carbocycles. The number of thioether (sulfide) groups is 1. The molecule has 2 saturated heterocycles. The van der Waals surface area contributed by atoms with Crippen LogP contribution in [0.15, 0.2) is 10.9 Å². The van der Waals surface area contributed by atoms with Crippen molar-refractivity contribution in [3.8, 4) is 0 Å². The summed E-state index contributed by atoms with van der Waals surface area (Å²) in [6, 6.07) is 0. The van der Waals surface area contributed by atoms with Crippen LogP contribution in [-0.2, 0) is 4.74 Å². The minimum Gasteiger partial charge on any atom is -0.379 e. The molecule has 110 valence electrons. The molecule has 3 heterocycles. The van der Waals surface area contributed by atoms with Crippen molar-refractivity contribution in [1.82, 2.24) is 15.2 Å². The highest BCUT2D eigenvalue weighted by Crippen LogP contribution is 2.33. The predicted octanol–water partition coefficient (Wildman–Crippen LogP) is 1.08. The minimum atomic E-state index is -0.0595. The van der Waals surface area contributed by atoms with Crippen LogP contribution in [-0.4, -0.2) is 65.7 Å². The lowest BCUT2D eigenvalue weighted by Gasteiger charge is -2.43. The second-order valence-electron chi connectivity index (χ2n) is 5.18. The largest absolute Gasteiger partial charge is 0.379 e. The Hall–Kier alpha value is -0.630. The quantitative estimate of drug-likeness (QED) is 0.901. The van der Waals surface area contributed by atoms with Gasteiger partial charge in [-0.15, -0.1) is 11.3 Å². The lowest BCUT2D eigenvalue weighted by atomic mass is 9.95. The summed E-state index contributed by atoms with van der Waals surface area (Å²) in [5, 5.41) is 4.87. The lowest BCUT2D eigenvalue weighted by Crippen LogP contribution is -2.59. The standard InChI is InChI=1S/C13H19N3O2S2/c17-12(11-7-20-10-15-11)14-8-13(1-6-19-9-13)16-2-4-18-5-3-16/h7,10H,1-6,8-9H2,(H,14,17)/t13-/m1/s1. The van der Waals surface area contributed by atoms with Gasteiger partial charge >= 0.3 is 0 Å². The topological polar surface area (TPSA) is 54.5 Å². The van der Waals surface area contributed by atoms with Gasteiger partial charge in [0.2, 0.25) is 0 Å². The molecule has 5 nitrogen and oxygen atoms in total. The van der Waals surface area contributed by atoms with Crippen molar-refractivity contribution in [2.45, 2.75) is 12.0 Å². The number of morpholine rings is 1. The van der Waals surface area contributed by atoms with Gasteiger partial charge in [0, 0.05) is 36.3 Å². The van der Waals surface area contributed by atoms with E-state index in [1.807, 2.05) is 11.8 Å². The highest BCUT2D eigenvalue weighted by atomic mass is 32.2. The first-order chi connectivity index (χ1) is 9.80. The molecule has 1 atom stereocenters. The average molecular weight is 313 g/mol. The Balaban J connectivity index is 1.63. The van der Waals surface area contributed by atoms with Crippen LogP contribution in [0.4, 0.5) is 0 Å². The van der Waals surface area contributed by atoms with Crippen molar-refractivity contribution in [1.29, 1.82) is 0 Å². The van der Waals surface area contributed by atoms with Crippen LogP contribution in [0.5, 0.6) is 0 Å². The van der Waals surface area contributed by atoms with Crippen molar-refractivity contribution in [3.63, 3.8) is 0 Å². The Kier molecular flexibility index (Phi) is 4.60. The lowest BCUT2D eigenvalue weighted by molar-refractivity contribution is -0.0129. The van der Waals surface area contributed by atoms with Crippen LogP contribution in [0.25, 0.3) is 0 Å². The number of nitrogens with zero attached hydrogens (tertiary/aromatic N) is 2. The molecular weight excluding hydrogens is 294 g/mol. The van der Waals surface area contributed by atoms with Crippen LogP contribution in [0, 0.1) is 0 Å². The van der Waals surface area contributed by atoms with Gasteiger partial charge in [-0.25, -0.2) is 4.98 Å². The van der Waals surface area contributed by atoms with Crippen LogP contribution in [0.1, 0.15) is 16.9 Å². The van der Waals surface area contributed by atoms with Gasteiger partial charge in [0.1, 0.15) is 5.69 Å². The maximum Gasteiger partial charge on any atom is 0.270 e. The second kappa shape index (κ2) is 6.43. The molecule has 1 aromatic heterocycles. The number of thiazole rings is 1. The Morgan fingerprint density at radius 3 is 3.00 bits per heavy atom. The van der Waals surface area contributed by atoms with Gasteiger partial charge in [0.25, 0.3) is 5.91 Å². The Bertz CT molecular complexity index is 440. The maximum absolute atomic E-state index is 12.1. The Labute approximate surface area is 127 Å². The highest BCUT2D eigenvalue weighted by Gasteiger charge is 2.40. The zero-order valence-electron chi connectivity index (χ0n) is 11.3. The van der Waals surface area contributed by atoms with E-state index in [9.17, 15) is 4.79 Å². The summed E-state index contributed by atoms with van der Waals surface area (Å²) in [5.41, 5.74) is 2.32. The van der Waals surface area contributed by atoms with E-state index < -0.39 is 0 Å². The molecule has 0 unspecified atom stereocenters. The summed E-state index contributed by atoms with van der Waals surface area (Å²) in [4.78, 5) is 18.6. The van der Waals surface area contributed by atoms with E-state index in [-0.39, 0.29) is 11.4 Å².